The van der Waals surface area contributed by atoms with Crippen molar-refractivity contribution in [3.05, 3.63) is 88.1 Å². The van der Waals surface area contributed by atoms with Crippen molar-refractivity contribution in [3.63, 3.8) is 0 Å². The van der Waals surface area contributed by atoms with E-state index in [1.54, 1.807) is 30.3 Å². The summed E-state index contributed by atoms with van der Waals surface area (Å²) in [5.74, 6) is -0.795. The van der Waals surface area contributed by atoms with Gasteiger partial charge in [-0.2, -0.15) is 0 Å². The van der Waals surface area contributed by atoms with E-state index in [0.717, 1.165) is 24.1 Å². The Morgan fingerprint density at radius 2 is 1.77 bits per heavy atom. The summed E-state index contributed by atoms with van der Waals surface area (Å²) in [7, 11) is -3.85. The molecule has 3 aromatic rings. The maximum absolute atomic E-state index is 13.2. The van der Waals surface area contributed by atoms with Gasteiger partial charge in [0.2, 0.25) is 0 Å². The molecule has 0 bridgehead atoms. The number of rotatable bonds is 4. The van der Waals surface area contributed by atoms with Crippen molar-refractivity contribution in [1.29, 1.82) is 0 Å². The highest BCUT2D eigenvalue weighted by atomic mass is 79.9. The van der Waals surface area contributed by atoms with E-state index in [1.807, 2.05) is 12.1 Å². The van der Waals surface area contributed by atoms with Gasteiger partial charge >= 0.3 is 0 Å². The molecule has 0 saturated heterocycles. The quantitative estimate of drug-likeness (QED) is 0.562. The van der Waals surface area contributed by atoms with E-state index in [9.17, 15) is 17.6 Å². The Morgan fingerprint density at radius 1 is 1.03 bits per heavy atom. The van der Waals surface area contributed by atoms with Gasteiger partial charge in [0.05, 0.1) is 16.1 Å². The molecular weight excluding hydrogens is 471 g/mol. The predicted molar refractivity (Wildman–Crippen MR) is 118 cm³/mol. The third-order valence-electron chi connectivity index (χ3n) is 4.94. The topological polar surface area (TPSA) is 66.5 Å². The molecule has 5 nitrogen and oxygen atoms in total. The van der Waals surface area contributed by atoms with Crippen LogP contribution < -0.4 is 9.62 Å². The molecule has 0 unspecified atom stereocenters. The number of fused-ring (bicyclic) bond motifs is 1. The van der Waals surface area contributed by atoms with Crippen molar-refractivity contribution in [1.82, 2.24) is 0 Å². The lowest BCUT2D eigenvalue weighted by Gasteiger charge is -2.31. The van der Waals surface area contributed by atoms with Crippen LogP contribution in [0.15, 0.2) is 76.1 Å². The molecule has 0 spiro atoms. The normalized spacial score (nSPS) is 13.6. The predicted octanol–water partition coefficient (Wildman–Crippen LogP) is 4.98. The molecule has 1 heterocycles. The second-order valence-electron chi connectivity index (χ2n) is 6.91. The van der Waals surface area contributed by atoms with Gasteiger partial charge in [-0.05, 0) is 82.9 Å². The molecule has 0 fully saturated rings. The Balaban J connectivity index is 1.67. The summed E-state index contributed by atoms with van der Waals surface area (Å²) in [6.07, 6.45) is 1.42. The minimum atomic E-state index is -3.85. The molecule has 0 aliphatic carbocycles. The molecule has 1 amide bonds. The van der Waals surface area contributed by atoms with E-state index in [1.165, 1.54) is 16.4 Å². The van der Waals surface area contributed by atoms with Crippen molar-refractivity contribution in [2.75, 3.05) is 16.2 Å². The van der Waals surface area contributed by atoms with Gasteiger partial charge in [0, 0.05) is 16.7 Å². The van der Waals surface area contributed by atoms with Crippen LogP contribution >= 0.6 is 15.9 Å². The van der Waals surface area contributed by atoms with Crippen molar-refractivity contribution in [3.8, 4) is 0 Å². The Labute approximate surface area is 182 Å². The third-order valence-corrected chi connectivity index (χ3v) is 7.46. The van der Waals surface area contributed by atoms with Crippen molar-refractivity contribution in [2.45, 2.75) is 17.7 Å². The number of nitrogens with one attached hydrogen (secondary N) is 1. The zero-order chi connectivity index (χ0) is 21.3. The lowest BCUT2D eigenvalue weighted by Crippen LogP contribution is -2.35. The zero-order valence-corrected chi connectivity index (χ0v) is 18.2. The van der Waals surface area contributed by atoms with Crippen LogP contribution in [0.2, 0.25) is 0 Å². The highest BCUT2D eigenvalue weighted by Gasteiger charge is 2.29. The van der Waals surface area contributed by atoms with E-state index < -0.39 is 15.8 Å². The molecule has 4 rings (SSSR count). The van der Waals surface area contributed by atoms with Crippen LogP contribution in [0.3, 0.4) is 0 Å². The van der Waals surface area contributed by atoms with Gasteiger partial charge in [0.15, 0.2) is 0 Å². The summed E-state index contributed by atoms with van der Waals surface area (Å²) in [6, 6.07) is 17.1. The van der Waals surface area contributed by atoms with Gasteiger partial charge in [-0.3, -0.25) is 9.10 Å². The van der Waals surface area contributed by atoms with E-state index in [0.29, 0.717) is 34.4 Å². The average molecular weight is 489 g/mol. The summed E-state index contributed by atoms with van der Waals surface area (Å²) in [5.41, 5.74) is 2.38. The largest absolute Gasteiger partial charge is 0.322 e. The third kappa shape index (κ3) is 3.97. The number of sulfonamides is 1. The van der Waals surface area contributed by atoms with Crippen LogP contribution in [0.5, 0.6) is 0 Å². The maximum atomic E-state index is 13.2. The van der Waals surface area contributed by atoms with E-state index in [-0.39, 0.29) is 10.8 Å². The van der Waals surface area contributed by atoms with E-state index in [4.69, 9.17) is 0 Å². The number of hydrogen-bond donors (Lipinski definition) is 1. The Morgan fingerprint density at radius 3 is 2.50 bits per heavy atom. The number of carbonyl (C=O) groups excluding carboxylic acids is 1. The Bertz CT molecular complexity index is 1210. The molecule has 154 valence electrons. The standard InChI is InChI=1S/C22H18BrFN2O3S/c23-20-6-2-1-5-19(20)22(27)25-17-10-7-15-4-3-13-26(21(15)14-17)30(28,29)18-11-8-16(24)9-12-18/h1-2,5-12,14H,3-4,13H2,(H,25,27). The fourth-order valence-electron chi connectivity index (χ4n) is 3.45. The van der Waals surface area contributed by atoms with Crippen molar-refractivity contribution in [2.24, 2.45) is 0 Å². The monoisotopic (exact) mass is 488 g/mol. The first-order chi connectivity index (χ1) is 14.4. The number of hydrogen-bond acceptors (Lipinski definition) is 3. The molecule has 0 atom stereocenters. The number of aryl methyl sites for hydroxylation is 1. The minimum Gasteiger partial charge on any atom is -0.322 e. The number of halogens is 2. The second-order valence-corrected chi connectivity index (χ2v) is 9.63. The van der Waals surface area contributed by atoms with Gasteiger partial charge in [-0.15, -0.1) is 0 Å². The average Bonchev–Trinajstić information content (AvgIpc) is 2.73. The van der Waals surface area contributed by atoms with Crippen LogP contribution in [-0.2, 0) is 16.4 Å². The first kappa shape index (κ1) is 20.6. The first-order valence-corrected chi connectivity index (χ1v) is 11.6. The van der Waals surface area contributed by atoms with Gasteiger partial charge in [-0.25, -0.2) is 12.8 Å². The molecule has 0 aromatic heterocycles. The van der Waals surface area contributed by atoms with Crippen LogP contribution in [0, 0.1) is 5.82 Å². The van der Waals surface area contributed by atoms with Crippen molar-refractivity contribution >= 4 is 43.2 Å². The van der Waals surface area contributed by atoms with E-state index in [2.05, 4.69) is 21.2 Å². The van der Waals surface area contributed by atoms with Crippen LogP contribution in [0.25, 0.3) is 0 Å². The minimum absolute atomic E-state index is 0.0272. The van der Waals surface area contributed by atoms with Crippen molar-refractivity contribution < 1.29 is 17.6 Å². The van der Waals surface area contributed by atoms with Gasteiger partial charge in [-0.1, -0.05) is 18.2 Å². The van der Waals surface area contributed by atoms with Crippen LogP contribution in [0.4, 0.5) is 15.8 Å². The Hall–Kier alpha value is -2.71. The summed E-state index contributed by atoms with van der Waals surface area (Å²) in [5, 5.41) is 2.83. The number of nitrogens with zero attached hydrogens (tertiary/aromatic N) is 1. The number of anilines is 2. The molecule has 0 saturated carbocycles. The lowest BCUT2D eigenvalue weighted by molar-refractivity contribution is 0.102. The lowest BCUT2D eigenvalue weighted by atomic mass is 10.0. The molecule has 3 aromatic carbocycles. The number of benzene rings is 3. The summed E-state index contributed by atoms with van der Waals surface area (Å²) in [4.78, 5) is 12.7. The fourth-order valence-corrected chi connectivity index (χ4v) is 5.44. The molecule has 1 aliphatic rings. The first-order valence-electron chi connectivity index (χ1n) is 9.33. The highest BCUT2D eigenvalue weighted by molar-refractivity contribution is 9.10. The van der Waals surface area contributed by atoms with Gasteiger partial charge < -0.3 is 5.32 Å². The molecule has 0 radical (unpaired) electrons. The number of carbonyl (C=O) groups is 1. The second kappa shape index (κ2) is 8.20. The fraction of sp³-hybridized carbons (Fsp3) is 0.136. The molecular formula is C22H18BrFN2O3S. The zero-order valence-electron chi connectivity index (χ0n) is 15.8. The summed E-state index contributed by atoms with van der Waals surface area (Å²) < 4.78 is 41.6. The smallest absolute Gasteiger partial charge is 0.264 e. The van der Waals surface area contributed by atoms with Crippen LogP contribution in [-0.4, -0.2) is 20.9 Å². The molecule has 1 N–H and O–H groups in total. The summed E-state index contributed by atoms with van der Waals surface area (Å²) >= 11 is 3.36. The Kier molecular flexibility index (Phi) is 5.62. The van der Waals surface area contributed by atoms with E-state index >= 15 is 0 Å². The molecule has 1 aliphatic heterocycles. The highest BCUT2D eigenvalue weighted by Crippen LogP contribution is 2.34. The van der Waals surface area contributed by atoms with Gasteiger partial charge in [0.25, 0.3) is 15.9 Å². The van der Waals surface area contributed by atoms with Gasteiger partial charge in [0.1, 0.15) is 5.82 Å². The summed E-state index contributed by atoms with van der Waals surface area (Å²) in [6.45, 7) is 0.314. The van der Waals surface area contributed by atoms with Crippen LogP contribution in [0.1, 0.15) is 22.3 Å². The maximum Gasteiger partial charge on any atom is 0.264 e. The molecule has 8 heteroatoms. The SMILES string of the molecule is O=C(Nc1ccc2c(c1)N(S(=O)(=O)c1ccc(F)cc1)CCC2)c1ccccc1Br. The number of amides is 1. The molecule has 30 heavy (non-hydrogen) atoms.